The van der Waals surface area contributed by atoms with Gasteiger partial charge >= 0.3 is 6.18 Å². The number of anilines is 1. The minimum atomic E-state index is -4.50. The Hall–Kier alpha value is -0.920. The van der Waals surface area contributed by atoms with Crippen LogP contribution in [0.4, 0.5) is 27.8 Å². The maximum absolute atomic E-state index is 13.3. The van der Waals surface area contributed by atoms with E-state index in [1.807, 2.05) is 0 Å². The molecule has 1 unspecified atom stereocenters. The monoisotopic (exact) mass is 358 g/mol. The van der Waals surface area contributed by atoms with Gasteiger partial charge in [-0.3, -0.25) is 0 Å². The summed E-state index contributed by atoms with van der Waals surface area (Å²) in [6, 6.07) is 1.11. The van der Waals surface area contributed by atoms with Gasteiger partial charge in [-0.25, -0.2) is 13.8 Å². The first-order valence-corrected chi connectivity index (χ1v) is 6.84. The van der Waals surface area contributed by atoms with E-state index in [0.717, 1.165) is 12.1 Å². The second-order valence-electron chi connectivity index (χ2n) is 4.86. The van der Waals surface area contributed by atoms with Crippen LogP contribution in [0.15, 0.2) is 16.7 Å². The summed E-state index contributed by atoms with van der Waals surface area (Å²) in [5.41, 5.74) is -0.871. The van der Waals surface area contributed by atoms with Crippen LogP contribution in [0.25, 0.3) is 0 Å². The normalized spacial score (nSPS) is 22.6. The summed E-state index contributed by atoms with van der Waals surface area (Å²) in [7, 11) is 0. The maximum atomic E-state index is 13.3. The van der Waals surface area contributed by atoms with Crippen molar-refractivity contribution in [2.24, 2.45) is 0 Å². The second kappa shape index (κ2) is 5.46. The van der Waals surface area contributed by atoms with Crippen LogP contribution < -0.4 is 5.32 Å². The molecular formula is C12H12BrF5N2. The fourth-order valence-corrected chi connectivity index (χ4v) is 2.68. The highest BCUT2D eigenvalue weighted by molar-refractivity contribution is 9.10. The first-order valence-electron chi connectivity index (χ1n) is 6.05. The van der Waals surface area contributed by atoms with Gasteiger partial charge in [-0.05, 0) is 40.9 Å². The van der Waals surface area contributed by atoms with E-state index in [9.17, 15) is 22.0 Å². The molecular weight excluding hydrogens is 347 g/mol. The third-order valence-electron chi connectivity index (χ3n) is 3.11. The van der Waals surface area contributed by atoms with E-state index >= 15 is 0 Å². The van der Waals surface area contributed by atoms with Gasteiger partial charge in [0.05, 0.1) is 5.56 Å². The molecule has 8 heteroatoms. The zero-order valence-corrected chi connectivity index (χ0v) is 11.9. The molecule has 1 atom stereocenters. The summed E-state index contributed by atoms with van der Waals surface area (Å²) >= 11 is 2.89. The van der Waals surface area contributed by atoms with Gasteiger partial charge in [0, 0.05) is 18.9 Å². The number of hydrogen-bond donors (Lipinski definition) is 1. The lowest BCUT2D eigenvalue weighted by atomic mass is 9.92. The zero-order valence-electron chi connectivity index (χ0n) is 10.3. The maximum Gasteiger partial charge on any atom is 0.416 e. The van der Waals surface area contributed by atoms with Crippen molar-refractivity contribution in [2.75, 3.05) is 5.32 Å². The molecule has 2 nitrogen and oxygen atoms in total. The van der Waals surface area contributed by atoms with E-state index in [-0.39, 0.29) is 23.3 Å². The zero-order chi connectivity index (χ0) is 15.0. The fraction of sp³-hybridized carbons (Fsp3) is 0.583. The topological polar surface area (TPSA) is 24.9 Å². The molecule has 0 aliphatic heterocycles. The number of hydrogen-bond acceptors (Lipinski definition) is 2. The first kappa shape index (κ1) is 15.5. The van der Waals surface area contributed by atoms with Crippen LogP contribution in [0.5, 0.6) is 0 Å². The molecule has 1 aliphatic carbocycles. The summed E-state index contributed by atoms with van der Waals surface area (Å²) in [6.45, 7) is 0. The van der Waals surface area contributed by atoms with Crippen LogP contribution in [0.3, 0.4) is 0 Å². The Morgan fingerprint density at radius 1 is 1.30 bits per heavy atom. The van der Waals surface area contributed by atoms with Crippen molar-refractivity contribution < 1.29 is 22.0 Å². The van der Waals surface area contributed by atoms with Crippen molar-refractivity contribution >= 4 is 21.7 Å². The van der Waals surface area contributed by atoms with Crippen molar-refractivity contribution in [1.82, 2.24) is 4.98 Å². The molecule has 1 fully saturated rings. The minimum absolute atomic E-state index is 0.0115. The number of halogens is 6. The van der Waals surface area contributed by atoms with Gasteiger partial charge in [0.15, 0.2) is 0 Å². The Kier molecular flexibility index (Phi) is 4.22. The lowest BCUT2D eigenvalue weighted by molar-refractivity contribution is -0.137. The number of rotatable bonds is 2. The van der Waals surface area contributed by atoms with Crippen molar-refractivity contribution in [1.29, 1.82) is 0 Å². The molecule has 1 aromatic heterocycles. The number of alkyl halides is 5. The van der Waals surface area contributed by atoms with Crippen molar-refractivity contribution in [3.05, 3.63) is 22.3 Å². The molecule has 0 spiro atoms. The van der Waals surface area contributed by atoms with Gasteiger partial charge < -0.3 is 5.32 Å². The van der Waals surface area contributed by atoms with Crippen LogP contribution in [0.1, 0.15) is 31.2 Å². The Balaban J connectivity index is 2.15. The predicted octanol–water partition coefficient (Wildman–Crippen LogP) is 4.85. The highest BCUT2D eigenvalue weighted by Crippen LogP contribution is 2.36. The molecule has 1 aromatic rings. The summed E-state index contributed by atoms with van der Waals surface area (Å²) in [5.74, 6) is -2.82. The van der Waals surface area contributed by atoms with Gasteiger partial charge in [0.2, 0.25) is 5.92 Å². The average Bonchev–Trinajstić information content (AvgIpc) is 2.25. The van der Waals surface area contributed by atoms with E-state index in [1.54, 1.807) is 0 Å². The second-order valence-corrected chi connectivity index (χ2v) is 5.67. The molecule has 0 bridgehead atoms. The number of nitrogens with zero attached hydrogens (tertiary/aromatic N) is 1. The van der Waals surface area contributed by atoms with Gasteiger partial charge in [0.1, 0.15) is 10.4 Å². The standard InChI is InChI=1S/C12H12BrF5N2/c13-9-4-7(12(16,17)18)5-10(20-9)19-8-2-1-3-11(14,15)6-8/h4-5,8H,1-3,6H2,(H,19,20). The molecule has 0 aromatic carbocycles. The highest BCUT2D eigenvalue weighted by Gasteiger charge is 2.37. The fourth-order valence-electron chi connectivity index (χ4n) is 2.24. The van der Waals surface area contributed by atoms with Crippen molar-refractivity contribution in [2.45, 2.75) is 43.8 Å². The van der Waals surface area contributed by atoms with E-state index in [1.165, 1.54) is 0 Å². The van der Waals surface area contributed by atoms with Crippen molar-refractivity contribution in [3.63, 3.8) is 0 Å². The molecule has 1 saturated carbocycles. The van der Waals surface area contributed by atoms with Crippen LogP contribution in [-0.4, -0.2) is 16.9 Å². The Morgan fingerprint density at radius 2 is 2.00 bits per heavy atom. The molecule has 1 heterocycles. The summed E-state index contributed by atoms with van der Waals surface area (Å²) in [6.07, 6.45) is -4.23. The molecule has 0 amide bonds. The summed E-state index contributed by atoms with van der Waals surface area (Å²) < 4.78 is 64.5. The van der Waals surface area contributed by atoms with Gasteiger partial charge in [0.25, 0.3) is 0 Å². The van der Waals surface area contributed by atoms with Crippen molar-refractivity contribution in [3.8, 4) is 0 Å². The van der Waals surface area contributed by atoms with Crippen LogP contribution in [0.2, 0.25) is 0 Å². The Morgan fingerprint density at radius 3 is 2.60 bits per heavy atom. The SMILES string of the molecule is FC1(F)CCCC(Nc2cc(C(F)(F)F)cc(Br)n2)C1. The molecule has 112 valence electrons. The molecule has 0 radical (unpaired) electrons. The largest absolute Gasteiger partial charge is 0.416 e. The van der Waals surface area contributed by atoms with E-state index < -0.39 is 23.7 Å². The number of pyridine rings is 1. The Bertz CT molecular complexity index is 489. The highest BCUT2D eigenvalue weighted by atomic mass is 79.9. The Labute approximate surface area is 120 Å². The smallest absolute Gasteiger partial charge is 0.367 e. The number of nitrogens with one attached hydrogen (secondary N) is 1. The molecule has 1 aliphatic rings. The predicted molar refractivity (Wildman–Crippen MR) is 67.8 cm³/mol. The lowest BCUT2D eigenvalue weighted by Crippen LogP contribution is -2.34. The third kappa shape index (κ3) is 4.04. The lowest BCUT2D eigenvalue weighted by Gasteiger charge is -2.29. The van der Waals surface area contributed by atoms with E-state index in [0.29, 0.717) is 12.8 Å². The van der Waals surface area contributed by atoms with Gasteiger partial charge in [-0.1, -0.05) is 0 Å². The molecule has 1 N–H and O–H groups in total. The number of aromatic nitrogens is 1. The minimum Gasteiger partial charge on any atom is -0.367 e. The quantitative estimate of drug-likeness (QED) is 0.603. The summed E-state index contributed by atoms with van der Waals surface area (Å²) in [4.78, 5) is 3.85. The van der Waals surface area contributed by atoms with E-state index in [4.69, 9.17) is 0 Å². The average molecular weight is 359 g/mol. The van der Waals surface area contributed by atoms with Crippen LogP contribution in [0, 0.1) is 0 Å². The van der Waals surface area contributed by atoms with Crippen LogP contribution >= 0.6 is 15.9 Å². The molecule has 0 saturated heterocycles. The first-order chi connectivity index (χ1) is 9.16. The van der Waals surface area contributed by atoms with Gasteiger partial charge in [-0.15, -0.1) is 0 Å². The molecule has 20 heavy (non-hydrogen) atoms. The van der Waals surface area contributed by atoms with E-state index in [2.05, 4.69) is 26.2 Å². The summed E-state index contributed by atoms with van der Waals surface area (Å²) in [5, 5.41) is 2.67. The third-order valence-corrected chi connectivity index (χ3v) is 3.52. The van der Waals surface area contributed by atoms with Crippen LogP contribution in [-0.2, 0) is 6.18 Å². The van der Waals surface area contributed by atoms with Gasteiger partial charge in [-0.2, -0.15) is 13.2 Å². The molecule has 2 rings (SSSR count).